The van der Waals surface area contributed by atoms with Crippen LogP contribution >= 0.6 is 0 Å². The SMILES string of the molecule is O=C(O)COCCNC(=O)C=Cc1ccccc1[N+](=O)[O-]. The van der Waals surface area contributed by atoms with Gasteiger partial charge < -0.3 is 15.2 Å². The minimum atomic E-state index is -1.09. The smallest absolute Gasteiger partial charge is 0.329 e. The molecule has 0 unspecified atom stereocenters. The molecule has 0 saturated carbocycles. The molecule has 1 rings (SSSR count). The average molecular weight is 294 g/mol. The predicted octanol–water partition coefficient (Wildman–Crippen LogP) is 0.825. The van der Waals surface area contributed by atoms with E-state index in [1.54, 1.807) is 6.07 Å². The molecule has 0 bridgehead atoms. The van der Waals surface area contributed by atoms with Crippen LogP contribution in [0.15, 0.2) is 30.3 Å². The standard InChI is InChI=1S/C13H14N2O6/c16-12(14-7-8-21-9-13(17)18)6-5-10-3-1-2-4-11(10)15(19)20/h1-6H,7-9H2,(H,14,16)(H,17,18). The first kappa shape index (κ1) is 16.3. The van der Waals surface area contributed by atoms with E-state index in [0.717, 1.165) is 0 Å². The molecule has 0 aliphatic rings. The number of nitrogens with one attached hydrogen (secondary N) is 1. The molecule has 0 heterocycles. The lowest BCUT2D eigenvalue weighted by Crippen LogP contribution is -2.26. The Kier molecular flexibility index (Phi) is 6.55. The van der Waals surface area contributed by atoms with Crippen molar-refractivity contribution in [3.05, 3.63) is 46.0 Å². The molecule has 8 nitrogen and oxygen atoms in total. The molecule has 0 spiro atoms. The molecule has 21 heavy (non-hydrogen) atoms. The zero-order valence-corrected chi connectivity index (χ0v) is 11.0. The van der Waals surface area contributed by atoms with Gasteiger partial charge in [0, 0.05) is 18.7 Å². The summed E-state index contributed by atoms with van der Waals surface area (Å²) in [6.07, 6.45) is 2.51. The number of carboxylic acids is 1. The molecule has 2 N–H and O–H groups in total. The van der Waals surface area contributed by atoms with Crippen molar-refractivity contribution in [3.8, 4) is 0 Å². The molecule has 0 aliphatic heterocycles. The van der Waals surface area contributed by atoms with Crippen molar-refractivity contribution >= 4 is 23.6 Å². The van der Waals surface area contributed by atoms with Gasteiger partial charge in [-0.25, -0.2) is 4.79 Å². The van der Waals surface area contributed by atoms with Crippen molar-refractivity contribution < 1.29 is 24.4 Å². The van der Waals surface area contributed by atoms with Gasteiger partial charge >= 0.3 is 5.97 Å². The molecule has 1 aromatic carbocycles. The number of aliphatic carboxylic acids is 1. The van der Waals surface area contributed by atoms with Crippen molar-refractivity contribution in [1.82, 2.24) is 5.32 Å². The molecule has 112 valence electrons. The van der Waals surface area contributed by atoms with Crippen molar-refractivity contribution in [2.75, 3.05) is 19.8 Å². The molecule has 0 radical (unpaired) electrons. The molecule has 0 fully saturated rings. The fourth-order valence-electron chi connectivity index (χ4n) is 1.43. The molecule has 1 amide bonds. The van der Waals surface area contributed by atoms with Gasteiger partial charge in [-0.2, -0.15) is 0 Å². The van der Waals surface area contributed by atoms with E-state index < -0.39 is 23.4 Å². The number of carbonyl (C=O) groups is 2. The summed E-state index contributed by atoms with van der Waals surface area (Å²) in [5.74, 6) is -1.54. The van der Waals surface area contributed by atoms with Crippen LogP contribution in [-0.2, 0) is 14.3 Å². The summed E-state index contributed by atoms with van der Waals surface area (Å²) >= 11 is 0. The third-order valence-corrected chi connectivity index (χ3v) is 2.32. The number of nitro groups is 1. The van der Waals surface area contributed by atoms with Crippen LogP contribution in [0.3, 0.4) is 0 Å². The van der Waals surface area contributed by atoms with Gasteiger partial charge in [0.15, 0.2) is 0 Å². The molecule has 0 saturated heterocycles. The second-order valence-electron chi connectivity index (χ2n) is 3.89. The van der Waals surface area contributed by atoms with Crippen LogP contribution < -0.4 is 5.32 Å². The largest absolute Gasteiger partial charge is 0.480 e. The van der Waals surface area contributed by atoms with E-state index in [2.05, 4.69) is 5.32 Å². The van der Waals surface area contributed by atoms with Gasteiger partial charge in [-0.15, -0.1) is 0 Å². The van der Waals surface area contributed by atoms with Gasteiger partial charge in [0.25, 0.3) is 5.69 Å². The van der Waals surface area contributed by atoms with E-state index in [1.807, 2.05) is 0 Å². The topological polar surface area (TPSA) is 119 Å². The fourth-order valence-corrected chi connectivity index (χ4v) is 1.43. The summed E-state index contributed by atoms with van der Waals surface area (Å²) in [5.41, 5.74) is 0.228. The lowest BCUT2D eigenvalue weighted by molar-refractivity contribution is -0.385. The zero-order chi connectivity index (χ0) is 15.7. The predicted molar refractivity (Wildman–Crippen MR) is 73.6 cm³/mol. The highest BCUT2D eigenvalue weighted by molar-refractivity contribution is 5.92. The number of para-hydroxylation sites is 1. The summed E-state index contributed by atoms with van der Waals surface area (Å²) in [4.78, 5) is 31.9. The zero-order valence-electron chi connectivity index (χ0n) is 11.0. The highest BCUT2D eigenvalue weighted by atomic mass is 16.6. The summed E-state index contributed by atoms with van der Waals surface area (Å²) in [5, 5.41) is 21.6. The Balaban J connectivity index is 2.44. The molecular weight excluding hydrogens is 280 g/mol. The first-order valence-electron chi connectivity index (χ1n) is 5.99. The van der Waals surface area contributed by atoms with Gasteiger partial charge in [0.05, 0.1) is 17.1 Å². The van der Waals surface area contributed by atoms with Gasteiger partial charge in [-0.3, -0.25) is 14.9 Å². The van der Waals surface area contributed by atoms with Crippen LogP contribution in [0.2, 0.25) is 0 Å². The molecule has 0 atom stereocenters. The number of benzene rings is 1. The lowest BCUT2D eigenvalue weighted by Gasteiger charge is -2.02. The third-order valence-electron chi connectivity index (χ3n) is 2.32. The minimum Gasteiger partial charge on any atom is -0.480 e. The first-order chi connectivity index (χ1) is 10.0. The van der Waals surface area contributed by atoms with Crippen LogP contribution in [0.1, 0.15) is 5.56 Å². The van der Waals surface area contributed by atoms with Crippen LogP contribution in [0, 0.1) is 10.1 Å². The number of nitrogens with zero attached hydrogens (tertiary/aromatic N) is 1. The maximum Gasteiger partial charge on any atom is 0.329 e. The summed E-state index contributed by atoms with van der Waals surface area (Å²) in [6, 6.07) is 6.04. The Hall–Kier alpha value is -2.74. The number of carboxylic acid groups (broad SMARTS) is 1. The number of carbonyl (C=O) groups excluding carboxylic acids is 1. The normalized spacial score (nSPS) is 10.5. The van der Waals surface area contributed by atoms with Crippen LogP contribution in [0.25, 0.3) is 6.08 Å². The van der Waals surface area contributed by atoms with Gasteiger partial charge in [-0.05, 0) is 12.1 Å². The number of rotatable bonds is 8. The van der Waals surface area contributed by atoms with Gasteiger partial charge in [0.2, 0.25) is 5.91 Å². The Labute approximate surface area is 120 Å². The number of ether oxygens (including phenoxy) is 1. The van der Waals surface area contributed by atoms with Gasteiger partial charge in [-0.1, -0.05) is 12.1 Å². The molecule has 0 aromatic heterocycles. The first-order valence-corrected chi connectivity index (χ1v) is 5.99. The number of nitro benzene ring substituents is 1. The van der Waals surface area contributed by atoms with E-state index in [-0.39, 0.29) is 18.8 Å². The molecular formula is C13H14N2O6. The number of amides is 1. The van der Waals surface area contributed by atoms with Crippen LogP contribution in [-0.4, -0.2) is 41.7 Å². The van der Waals surface area contributed by atoms with Crippen molar-refractivity contribution in [3.63, 3.8) is 0 Å². The molecule has 0 aliphatic carbocycles. The maximum absolute atomic E-state index is 11.5. The van der Waals surface area contributed by atoms with E-state index in [1.165, 1.54) is 30.4 Å². The van der Waals surface area contributed by atoms with Crippen molar-refractivity contribution in [2.24, 2.45) is 0 Å². The van der Waals surface area contributed by atoms with Gasteiger partial charge in [0.1, 0.15) is 6.61 Å². The highest BCUT2D eigenvalue weighted by Gasteiger charge is 2.09. The van der Waals surface area contributed by atoms with Crippen LogP contribution in [0.5, 0.6) is 0 Å². The molecule has 8 heteroatoms. The van der Waals surface area contributed by atoms with E-state index in [4.69, 9.17) is 9.84 Å². The Morgan fingerprint density at radius 3 is 2.76 bits per heavy atom. The Morgan fingerprint density at radius 1 is 1.38 bits per heavy atom. The highest BCUT2D eigenvalue weighted by Crippen LogP contribution is 2.18. The second-order valence-corrected chi connectivity index (χ2v) is 3.89. The summed E-state index contributed by atoms with van der Waals surface area (Å²) in [6.45, 7) is -0.216. The second kappa shape index (κ2) is 8.43. The lowest BCUT2D eigenvalue weighted by atomic mass is 10.1. The number of hydrogen-bond acceptors (Lipinski definition) is 5. The van der Waals surface area contributed by atoms with Crippen molar-refractivity contribution in [2.45, 2.75) is 0 Å². The average Bonchev–Trinajstić information content (AvgIpc) is 2.44. The number of hydrogen-bond donors (Lipinski definition) is 2. The Morgan fingerprint density at radius 2 is 2.10 bits per heavy atom. The van der Waals surface area contributed by atoms with Crippen LogP contribution in [0.4, 0.5) is 5.69 Å². The maximum atomic E-state index is 11.5. The quantitative estimate of drug-likeness (QED) is 0.317. The molecule has 1 aromatic rings. The van der Waals surface area contributed by atoms with Crippen molar-refractivity contribution in [1.29, 1.82) is 0 Å². The minimum absolute atomic E-state index is 0.0668. The Bertz CT molecular complexity index is 555. The third kappa shape index (κ3) is 6.30. The van der Waals surface area contributed by atoms with E-state index >= 15 is 0 Å². The fraction of sp³-hybridized carbons (Fsp3) is 0.231. The van der Waals surface area contributed by atoms with E-state index in [0.29, 0.717) is 5.56 Å². The summed E-state index contributed by atoms with van der Waals surface area (Å²) < 4.78 is 4.73. The van der Waals surface area contributed by atoms with E-state index in [9.17, 15) is 19.7 Å². The summed E-state index contributed by atoms with van der Waals surface area (Å²) in [7, 11) is 0. The monoisotopic (exact) mass is 294 g/mol.